The number of nitro benzene ring substituents is 1. The summed E-state index contributed by atoms with van der Waals surface area (Å²) >= 11 is 0. The van der Waals surface area contributed by atoms with E-state index in [1.54, 1.807) is 12.1 Å². The highest BCUT2D eigenvalue weighted by molar-refractivity contribution is 5.95. The Labute approximate surface area is 160 Å². The van der Waals surface area contributed by atoms with Crippen LogP contribution in [0.2, 0.25) is 0 Å². The number of anilines is 1. The van der Waals surface area contributed by atoms with Gasteiger partial charge in [-0.1, -0.05) is 6.92 Å². The number of amides is 1. The van der Waals surface area contributed by atoms with Gasteiger partial charge in [0.2, 0.25) is 0 Å². The Bertz CT molecular complexity index is 680. The third kappa shape index (κ3) is 4.58. The predicted molar refractivity (Wildman–Crippen MR) is 104 cm³/mol. The molecule has 1 aliphatic carbocycles. The van der Waals surface area contributed by atoms with Gasteiger partial charge in [-0.15, -0.1) is 0 Å². The van der Waals surface area contributed by atoms with E-state index in [1.807, 2.05) is 0 Å². The molecule has 1 atom stereocenters. The maximum absolute atomic E-state index is 11.9. The lowest BCUT2D eigenvalue weighted by molar-refractivity contribution is -0.384. The van der Waals surface area contributed by atoms with Gasteiger partial charge in [0.25, 0.3) is 11.6 Å². The second-order valence-corrected chi connectivity index (χ2v) is 7.74. The normalized spacial score (nSPS) is 25.2. The molecule has 1 aromatic rings. The van der Waals surface area contributed by atoms with Gasteiger partial charge in [-0.2, -0.15) is 0 Å². The number of carbonyl (C=O) groups excluding carboxylic acids is 1. The molecule has 1 saturated heterocycles. The minimum absolute atomic E-state index is 0.00674. The quantitative estimate of drug-likeness (QED) is 0.607. The molecule has 7 nitrogen and oxygen atoms in total. The standard InChI is InChI=1S/C20H29N3O4/c1-14-5-8-16(9-6-14)22(13-17-4-3-11-27-17)18-10-7-15(20(24)21-2)12-19(18)23(25)26/h7,10,12,14,16-17H,3-6,8-9,11,13H2,1-2H3,(H,21,24)/t14?,16?,17-/m1/s1. The van der Waals surface area contributed by atoms with Gasteiger partial charge in [-0.3, -0.25) is 14.9 Å². The van der Waals surface area contributed by atoms with Crippen LogP contribution in [-0.4, -0.2) is 43.2 Å². The second kappa shape index (κ2) is 8.69. The van der Waals surface area contributed by atoms with Gasteiger partial charge in [0.05, 0.1) is 11.0 Å². The summed E-state index contributed by atoms with van der Waals surface area (Å²) in [5.41, 5.74) is 0.901. The fraction of sp³-hybridized carbons (Fsp3) is 0.650. The van der Waals surface area contributed by atoms with Crippen LogP contribution in [0.1, 0.15) is 55.8 Å². The number of hydrogen-bond donors (Lipinski definition) is 1. The summed E-state index contributed by atoms with van der Waals surface area (Å²) in [4.78, 5) is 25.5. The van der Waals surface area contributed by atoms with Crippen LogP contribution in [0.4, 0.5) is 11.4 Å². The lowest BCUT2D eigenvalue weighted by Crippen LogP contribution is -2.42. The fourth-order valence-electron chi connectivity index (χ4n) is 4.20. The Kier molecular flexibility index (Phi) is 6.31. The van der Waals surface area contributed by atoms with E-state index in [1.165, 1.54) is 13.1 Å². The fourth-order valence-corrected chi connectivity index (χ4v) is 4.20. The molecule has 1 heterocycles. The zero-order valence-electron chi connectivity index (χ0n) is 16.1. The zero-order valence-corrected chi connectivity index (χ0v) is 16.1. The molecule has 7 heteroatoms. The van der Waals surface area contributed by atoms with Crippen LogP contribution in [0.5, 0.6) is 0 Å². The van der Waals surface area contributed by atoms with Crippen molar-refractivity contribution in [3.05, 3.63) is 33.9 Å². The highest BCUT2D eigenvalue weighted by atomic mass is 16.6. The van der Waals surface area contributed by atoms with Crippen LogP contribution in [0.25, 0.3) is 0 Å². The van der Waals surface area contributed by atoms with Crippen molar-refractivity contribution in [3.63, 3.8) is 0 Å². The first-order valence-electron chi connectivity index (χ1n) is 9.88. The Balaban J connectivity index is 1.94. The molecule has 1 saturated carbocycles. The van der Waals surface area contributed by atoms with Crippen LogP contribution in [0, 0.1) is 16.0 Å². The molecule has 3 rings (SSSR count). The minimum Gasteiger partial charge on any atom is -0.376 e. The largest absolute Gasteiger partial charge is 0.376 e. The minimum atomic E-state index is -0.379. The Morgan fingerprint density at radius 2 is 2.04 bits per heavy atom. The molecule has 0 bridgehead atoms. The summed E-state index contributed by atoms with van der Waals surface area (Å²) in [7, 11) is 1.52. The SMILES string of the molecule is CNC(=O)c1ccc(N(C[C@H]2CCCO2)C2CCC(C)CC2)c([N+](=O)[O-])c1. The van der Waals surface area contributed by atoms with Crippen LogP contribution in [0.15, 0.2) is 18.2 Å². The lowest BCUT2D eigenvalue weighted by Gasteiger charge is -2.38. The van der Waals surface area contributed by atoms with Gasteiger partial charge in [-0.05, 0) is 56.6 Å². The van der Waals surface area contributed by atoms with Gasteiger partial charge in [0.1, 0.15) is 5.69 Å². The van der Waals surface area contributed by atoms with Crippen molar-refractivity contribution in [2.45, 2.75) is 57.6 Å². The molecule has 0 spiro atoms. The van der Waals surface area contributed by atoms with Crippen molar-refractivity contribution >= 4 is 17.3 Å². The molecule has 1 N–H and O–H groups in total. The van der Waals surface area contributed by atoms with Crippen molar-refractivity contribution < 1.29 is 14.5 Å². The molecule has 148 valence electrons. The first-order chi connectivity index (χ1) is 13.0. The van der Waals surface area contributed by atoms with E-state index < -0.39 is 0 Å². The Hall–Kier alpha value is -2.15. The third-order valence-electron chi connectivity index (χ3n) is 5.82. The van der Waals surface area contributed by atoms with Crippen LogP contribution in [-0.2, 0) is 4.74 Å². The highest BCUT2D eigenvalue weighted by Gasteiger charge is 2.32. The van der Waals surface area contributed by atoms with Gasteiger partial charge < -0.3 is 15.0 Å². The summed E-state index contributed by atoms with van der Waals surface area (Å²) in [6.07, 6.45) is 6.47. The number of ether oxygens (including phenoxy) is 1. The predicted octanol–water partition coefficient (Wildman–Crippen LogP) is 3.52. The smallest absolute Gasteiger partial charge is 0.293 e. The molecule has 2 aliphatic rings. The molecule has 0 radical (unpaired) electrons. The third-order valence-corrected chi connectivity index (χ3v) is 5.82. The van der Waals surface area contributed by atoms with Gasteiger partial charge in [0.15, 0.2) is 0 Å². The number of hydrogen-bond acceptors (Lipinski definition) is 5. The monoisotopic (exact) mass is 375 g/mol. The number of nitro groups is 1. The van der Waals surface area contributed by atoms with E-state index in [4.69, 9.17) is 4.74 Å². The molecule has 0 unspecified atom stereocenters. The maximum atomic E-state index is 11.9. The van der Waals surface area contributed by atoms with Crippen molar-refractivity contribution in [1.82, 2.24) is 5.32 Å². The molecule has 0 aromatic heterocycles. The topological polar surface area (TPSA) is 84.7 Å². The van der Waals surface area contributed by atoms with E-state index >= 15 is 0 Å². The summed E-state index contributed by atoms with van der Waals surface area (Å²) in [6.45, 7) is 3.69. The van der Waals surface area contributed by atoms with E-state index in [0.717, 1.165) is 45.1 Å². The zero-order chi connectivity index (χ0) is 19.4. The van der Waals surface area contributed by atoms with Crippen LogP contribution < -0.4 is 10.2 Å². The van der Waals surface area contributed by atoms with Crippen LogP contribution in [0.3, 0.4) is 0 Å². The average Bonchev–Trinajstić information content (AvgIpc) is 3.19. The van der Waals surface area contributed by atoms with Gasteiger partial charge in [0, 0.05) is 37.9 Å². The van der Waals surface area contributed by atoms with Gasteiger partial charge >= 0.3 is 0 Å². The number of carbonyl (C=O) groups is 1. The number of nitrogens with one attached hydrogen (secondary N) is 1. The van der Waals surface area contributed by atoms with Crippen molar-refractivity contribution in [2.24, 2.45) is 5.92 Å². The van der Waals surface area contributed by atoms with Crippen LogP contribution >= 0.6 is 0 Å². The summed E-state index contributed by atoms with van der Waals surface area (Å²) in [6, 6.07) is 5.07. The van der Waals surface area contributed by atoms with E-state index in [-0.39, 0.29) is 28.7 Å². The van der Waals surface area contributed by atoms with E-state index in [2.05, 4.69) is 17.1 Å². The molecular formula is C20H29N3O4. The summed E-state index contributed by atoms with van der Waals surface area (Å²) < 4.78 is 5.82. The molecule has 1 amide bonds. The highest BCUT2D eigenvalue weighted by Crippen LogP contribution is 2.36. The number of nitrogens with zero attached hydrogens (tertiary/aromatic N) is 2. The Morgan fingerprint density at radius 3 is 2.63 bits per heavy atom. The van der Waals surface area contributed by atoms with Crippen molar-refractivity contribution in [1.29, 1.82) is 0 Å². The summed E-state index contributed by atoms with van der Waals surface area (Å²) in [5.74, 6) is 0.387. The molecular weight excluding hydrogens is 346 g/mol. The van der Waals surface area contributed by atoms with E-state index in [0.29, 0.717) is 23.7 Å². The first kappa shape index (κ1) is 19.6. The van der Waals surface area contributed by atoms with Gasteiger partial charge in [-0.25, -0.2) is 0 Å². The van der Waals surface area contributed by atoms with Crippen molar-refractivity contribution in [3.8, 4) is 0 Å². The lowest BCUT2D eigenvalue weighted by atomic mass is 9.86. The molecule has 1 aromatic carbocycles. The molecule has 2 fully saturated rings. The average molecular weight is 375 g/mol. The molecule has 1 aliphatic heterocycles. The maximum Gasteiger partial charge on any atom is 0.293 e. The number of benzene rings is 1. The van der Waals surface area contributed by atoms with Crippen molar-refractivity contribution in [2.75, 3.05) is 25.1 Å². The summed E-state index contributed by atoms with van der Waals surface area (Å²) in [5, 5.41) is 14.3. The first-order valence-corrected chi connectivity index (χ1v) is 9.88. The Morgan fingerprint density at radius 1 is 1.30 bits per heavy atom. The second-order valence-electron chi connectivity index (χ2n) is 7.74. The molecule has 27 heavy (non-hydrogen) atoms. The van der Waals surface area contributed by atoms with E-state index in [9.17, 15) is 14.9 Å². The number of rotatable bonds is 6.